The normalized spacial score (nSPS) is 12.4. The van der Waals surface area contributed by atoms with Crippen LogP contribution in [0.5, 0.6) is 0 Å². The van der Waals surface area contributed by atoms with Crippen molar-refractivity contribution in [3.63, 3.8) is 0 Å². The molecule has 2 N–H and O–H groups in total. The molecule has 17 heavy (non-hydrogen) atoms. The molecule has 5 nitrogen and oxygen atoms in total. The molecular formula is C11H14N4OS. The highest BCUT2D eigenvalue weighted by molar-refractivity contribution is 7.09. The molecular weight excluding hydrogens is 236 g/mol. The van der Waals surface area contributed by atoms with E-state index in [1.54, 1.807) is 17.5 Å². The van der Waals surface area contributed by atoms with Crippen molar-refractivity contribution < 1.29 is 4.79 Å². The van der Waals surface area contributed by atoms with Gasteiger partial charge < -0.3 is 5.32 Å². The molecule has 1 atom stereocenters. The summed E-state index contributed by atoms with van der Waals surface area (Å²) in [4.78, 5) is 16.1. The predicted octanol–water partition coefficient (Wildman–Crippen LogP) is 1.71. The molecule has 0 bridgehead atoms. The van der Waals surface area contributed by atoms with Gasteiger partial charge in [0.25, 0.3) is 5.91 Å². The van der Waals surface area contributed by atoms with E-state index in [0.29, 0.717) is 12.1 Å². The summed E-state index contributed by atoms with van der Waals surface area (Å²) < 4.78 is 0. The van der Waals surface area contributed by atoms with Gasteiger partial charge in [0.15, 0.2) is 0 Å². The minimum atomic E-state index is -0.112. The van der Waals surface area contributed by atoms with Crippen molar-refractivity contribution in [1.29, 1.82) is 0 Å². The maximum absolute atomic E-state index is 11.7. The van der Waals surface area contributed by atoms with Gasteiger partial charge in [-0.05, 0) is 6.92 Å². The first-order valence-corrected chi connectivity index (χ1v) is 6.24. The Morgan fingerprint density at radius 3 is 3.06 bits per heavy atom. The number of hydrogen-bond acceptors (Lipinski definition) is 4. The fraction of sp³-hybridized carbons (Fsp3) is 0.364. The van der Waals surface area contributed by atoms with Crippen LogP contribution in [0.1, 0.15) is 33.9 Å². The molecule has 0 aromatic carbocycles. The molecule has 90 valence electrons. The second kappa shape index (κ2) is 5.09. The zero-order valence-electron chi connectivity index (χ0n) is 9.73. The van der Waals surface area contributed by atoms with Crippen LogP contribution in [0.4, 0.5) is 0 Å². The molecule has 0 aliphatic carbocycles. The second-order valence-corrected chi connectivity index (χ2v) is 4.81. The van der Waals surface area contributed by atoms with Gasteiger partial charge in [-0.3, -0.25) is 9.89 Å². The Morgan fingerprint density at radius 2 is 2.47 bits per heavy atom. The number of amides is 1. The Bertz CT molecular complexity index is 491. The van der Waals surface area contributed by atoms with Gasteiger partial charge in [-0.25, -0.2) is 4.98 Å². The van der Waals surface area contributed by atoms with Gasteiger partial charge in [0.2, 0.25) is 0 Å². The van der Waals surface area contributed by atoms with Gasteiger partial charge in [-0.15, -0.1) is 11.3 Å². The van der Waals surface area contributed by atoms with Crippen LogP contribution in [0.2, 0.25) is 0 Å². The lowest BCUT2D eigenvalue weighted by Crippen LogP contribution is -2.27. The van der Waals surface area contributed by atoms with Gasteiger partial charge >= 0.3 is 0 Å². The van der Waals surface area contributed by atoms with E-state index in [9.17, 15) is 4.79 Å². The number of thiazole rings is 1. The van der Waals surface area contributed by atoms with Crippen LogP contribution >= 0.6 is 11.3 Å². The molecule has 0 radical (unpaired) electrons. The van der Waals surface area contributed by atoms with Crippen LogP contribution in [0.3, 0.4) is 0 Å². The summed E-state index contributed by atoms with van der Waals surface area (Å²) in [6, 6.07) is 0. The molecule has 2 aromatic rings. The van der Waals surface area contributed by atoms with Crippen molar-refractivity contribution >= 4 is 17.2 Å². The summed E-state index contributed by atoms with van der Waals surface area (Å²) >= 11 is 1.63. The molecule has 0 spiro atoms. The monoisotopic (exact) mass is 250 g/mol. The SMILES string of the molecule is Cc1csc([C@@H](C)CNC(=O)c2cn[nH]c2)n1. The molecule has 0 saturated heterocycles. The predicted molar refractivity (Wildman–Crippen MR) is 66.2 cm³/mol. The fourth-order valence-electron chi connectivity index (χ4n) is 1.41. The van der Waals surface area contributed by atoms with Crippen molar-refractivity contribution in [2.75, 3.05) is 6.54 Å². The Labute approximate surface area is 103 Å². The standard InChI is InChI=1S/C11H14N4OS/c1-7(11-15-8(2)6-17-11)3-12-10(16)9-4-13-14-5-9/h4-7H,3H2,1-2H3,(H,12,16)(H,13,14)/t7-/m0/s1. The van der Waals surface area contributed by atoms with Gasteiger partial charge in [-0.1, -0.05) is 6.92 Å². The maximum Gasteiger partial charge on any atom is 0.254 e. The van der Waals surface area contributed by atoms with Crippen LogP contribution in [0.15, 0.2) is 17.8 Å². The van der Waals surface area contributed by atoms with E-state index in [-0.39, 0.29) is 11.8 Å². The third-order valence-electron chi connectivity index (χ3n) is 2.39. The van der Waals surface area contributed by atoms with E-state index in [2.05, 4.69) is 20.5 Å². The first-order chi connectivity index (χ1) is 8.16. The summed E-state index contributed by atoms with van der Waals surface area (Å²) in [5, 5.41) is 12.3. The maximum atomic E-state index is 11.7. The Morgan fingerprint density at radius 1 is 1.65 bits per heavy atom. The number of rotatable bonds is 4. The number of nitrogens with one attached hydrogen (secondary N) is 2. The average molecular weight is 250 g/mol. The largest absolute Gasteiger partial charge is 0.351 e. The highest BCUT2D eigenvalue weighted by atomic mass is 32.1. The number of nitrogens with zero attached hydrogens (tertiary/aromatic N) is 2. The molecule has 0 saturated carbocycles. The number of hydrogen-bond donors (Lipinski definition) is 2. The highest BCUT2D eigenvalue weighted by Gasteiger charge is 2.12. The van der Waals surface area contributed by atoms with E-state index in [1.165, 1.54) is 6.20 Å². The number of aryl methyl sites for hydroxylation is 1. The number of H-pyrrole nitrogens is 1. The third kappa shape index (κ3) is 2.91. The fourth-order valence-corrected chi connectivity index (χ4v) is 2.27. The van der Waals surface area contributed by atoms with E-state index in [1.807, 2.05) is 19.2 Å². The second-order valence-electron chi connectivity index (χ2n) is 3.93. The van der Waals surface area contributed by atoms with Gasteiger partial charge in [0.1, 0.15) is 0 Å². The van der Waals surface area contributed by atoms with Crippen LogP contribution in [0.25, 0.3) is 0 Å². The van der Waals surface area contributed by atoms with Crippen LogP contribution < -0.4 is 5.32 Å². The smallest absolute Gasteiger partial charge is 0.254 e. The van der Waals surface area contributed by atoms with Crippen molar-refractivity contribution in [3.05, 3.63) is 34.0 Å². The minimum absolute atomic E-state index is 0.112. The number of carbonyl (C=O) groups excluding carboxylic acids is 1. The quantitative estimate of drug-likeness (QED) is 0.867. The van der Waals surface area contributed by atoms with E-state index in [4.69, 9.17) is 0 Å². The number of carbonyl (C=O) groups is 1. The number of aromatic amines is 1. The highest BCUT2D eigenvalue weighted by Crippen LogP contribution is 2.18. The molecule has 1 amide bonds. The van der Waals surface area contributed by atoms with E-state index in [0.717, 1.165) is 10.7 Å². The topological polar surface area (TPSA) is 70.7 Å². The molecule has 2 aromatic heterocycles. The Kier molecular flexibility index (Phi) is 3.53. The molecule has 2 rings (SSSR count). The minimum Gasteiger partial charge on any atom is -0.351 e. The van der Waals surface area contributed by atoms with Gasteiger partial charge in [0.05, 0.1) is 16.8 Å². The van der Waals surface area contributed by atoms with E-state index >= 15 is 0 Å². The number of aromatic nitrogens is 3. The molecule has 0 fully saturated rings. The Hall–Kier alpha value is -1.69. The summed E-state index contributed by atoms with van der Waals surface area (Å²) in [5.74, 6) is 0.114. The lowest BCUT2D eigenvalue weighted by Gasteiger charge is -2.09. The summed E-state index contributed by atoms with van der Waals surface area (Å²) in [7, 11) is 0. The molecule has 0 aliphatic rings. The lowest BCUT2D eigenvalue weighted by molar-refractivity contribution is 0.0951. The van der Waals surface area contributed by atoms with Crippen LogP contribution in [0, 0.1) is 6.92 Å². The summed E-state index contributed by atoms with van der Waals surface area (Å²) in [6.07, 6.45) is 3.08. The van der Waals surface area contributed by atoms with Crippen LogP contribution in [-0.2, 0) is 0 Å². The first kappa shape index (κ1) is 11.8. The van der Waals surface area contributed by atoms with E-state index < -0.39 is 0 Å². The molecule has 6 heteroatoms. The van der Waals surface area contributed by atoms with Crippen molar-refractivity contribution in [3.8, 4) is 0 Å². The van der Waals surface area contributed by atoms with Crippen molar-refractivity contribution in [1.82, 2.24) is 20.5 Å². The van der Waals surface area contributed by atoms with Crippen molar-refractivity contribution in [2.45, 2.75) is 19.8 Å². The van der Waals surface area contributed by atoms with Gasteiger partial charge in [-0.2, -0.15) is 5.10 Å². The first-order valence-electron chi connectivity index (χ1n) is 5.36. The summed E-state index contributed by atoms with van der Waals surface area (Å²) in [6.45, 7) is 4.60. The molecule has 0 aliphatic heterocycles. The summed E-state index contributed by atoms with van der Waals surface area (Å²) in [5.41, 5.74) is 1.57. The molecule has 2 heterocycles. The molecule has 0 unspecified atom stereocenters. The Balaban J connectivity index is 1.88. The average Bonchev–Trinajstić information content (AvgIpc) is 2.95. The zero-order valence-corrected chi connectivity index (χ0v) is 10.5. The lowest BCUT2D eigenvalue weighted by atomic mass is 10.2. The third-order valence-corrected chi connectivity index (χ3v) is 3.58. The van der Waals surface area contributed by atoms with Crippen LogP contribution in [-0.4, -0.2) is 27.6 Å². The zero-order chi connectivity index (χ0) is 12.3. The van der Waals surface area contributed by atoms with Crippen molar-refractivity contribution in [2.24, 2.45) is 0 Å². The van der Waals surface area contributed by atoms with Gasteiger partial charge in [0, 0.05) is 29.7 Å².